The first-order chi connectivity index (χ1) is 25.8. The molecule has 0 atom stereocenters. The summed E-state index contributed by atoms with van der Waals surface area (Å²) in [6.07, 6.45) is 0. The van der Waals surface area contributed by atoms with Crippen molar-refractivity contribution < 1.29 is 0 Å². The largest absolute Gasteiger partial charge is 0.310 e. The third-order valence-corrected chi connectivity index (χ3v) is 10.9. The molecule has 2 nitrogen and oxygen atoms in total. The van der Waals surface area contributed by atoms with Crippen molar-refractivity contribution in [1.29, 1.82) is 0 Å². The summed E-state index contributed by atoms with van der Waals surface area (Å²) < 4.78 is 2.38. The summed E-state index contributed by atoms with van der Waals surface area (Å²) in [7, 11) is 0. The molecule has 52 heavy (non-hydrogen) atoms. The van der Waals surface area contributed by atoms with E-state index in [1.165, 1.54) is 76.7 Å². The van der Waals surface area contributed by atoms with Crippen LogP contribution in [0.1, 0.15) is 0 Å². The Bertz CT molecular complexity index is 3010. The van der Waals surface area contributed by atoms with E-state index in [0.717, 1.165) is 22.7 Å². The van der Waals surface area contributed by atoms with Crippen LogP contribution < -0.4 is 4.90 Å². The first-order valence-corrected chi connectivity index (χ1v) is 17.9. The Hall–Kier alpha value is -6.90. The van der Waals surface area contributed by atoms with Crippen molar-refractivity contribution >= 4 is 60.4 Å². The van der Waals surface area contributed by atoms with Gasteiger partial charge in [-0.3, -0.25) is 0 Å². The van der Waals surface area contributed by atoms with E-state index in [4.69, 9.17) is 0 Å². The van der Waals surface area contributed by atoms with Crippen molar-refractivity contribution in [2.45, 2.75) is 0 Å². The quantitative estimate of drug-likeness (QED) is 0.167. The molecule has 0 bridgehead atoms. The molecule has 1 aliphatic rings. The van der Waals surface area contributed by atoms with Crippen LogP contribution in [0.4, 0.5) is 17.1 Å². The third-order valence-electron chi connectivity index (χ3n) is 10.9. The fourth-order valence-electron chi connectivity index (χ4n) is 8.65. The van der Waals surface area contributed by atoms with Crippen LogP contribution in [0.5, 0.6) is 0 Å². The Kier molecular flexibility index (Phi) is 6.28. The third kappa shape index (κ3) is 4.25. The first kappa shape index (κ1) is 28.9. The Morgan fingerprint density at radius 1 is 0.365 bits per heavy atom. The van der Waals surface area contributed by atoms with Gasteiger partial charge >= 0.3 is 0 Å². The van der Waals surface area contributed by atoms with E-state index in [-0.39, 0.29) is 0 Å². The molecule has 11 rings (SSSR count). The summed E-state index contributed by atoms with van der Waals surface area (Å²) in [4.78, 5) is 2.46. The zero-order chi connectivity index (χ0) is 34.2. The average molecular weight is 661 g/mol. The highest BCUT2D eigenvalue weighted by atomic mass is 15.1. The van der Waals surface area contributed by atoms with Crippen LogP contribution in [0, 0.1) is 0 Å². The van der Waals surface area contributed by atoms with Crippen LogP contribution in [-0.2, 0) is 0 Å². The predicted octanol–water partition coefficient (Wildman–Crippen LogP) is 13.9. The minimum atomic E-state index is 1.12. The highest BCUT2D eigenvalue weighted by Gasteiger charge is 2.26. The van der Waals surface area contributed by atoms with E-state index in [2.05, 4.69) is 204 Å². The molecule has 2 heteroatoms. The van der Waals surface area contributed by atoms with Crippen LogP contribution in [0.15, 0.2) is 194 Å². The molecule has 0 unspecified atom stereocenters. The average Bonchev–Trinajstić information content (AvgIpc) is 3.72. The van der Waals surface area contributed by atoms with Gasteiger partial charge in [0.25, 0.3) is 0 Å². The Balaban J connectivity index is 1.19. The van der Waals surface area contributed by atoms with Gasteiger partial charge < -0.3 is 9.47 Å². The van der Waals surface area contributed by atoms with Crippen molar-refractivity contribution in [3.63, 3.8) is 0 Å². The standard InChI is InChI=1S/C50H32N2/c1-3-14-33(15-4-1)39-20-9-11-24-46(39)51(38-27-29-48-44(31-38)42-22-10-12-25-47(42)52(48)36-18-5-2-6-19-36)37-26-28-41-43-23-13-17-35-30-34-16-7-8-21-40(34)50(49(35)43)45(41)32-37/h1-32H. The molecular formula is C50H32N2. The van der Waals surface area contributed by atoms with Gasteiger partial charge in [-0.15, -0.1) is 0 Å². The minimum Gasteiger partial charge on any atom is -0.310 e. The van der Waals surface area contributed by atoms with Crippen molar-refractivity contribution in [2.24, 2.45) is 0 Å². The topological polar surface area (TPSA) is 8.17 Å². The molecule has 242 valence electrons. The van der Waals surface area contributed by atoms with E-state index >= 15 is 0 Å². The smallest absolute Gasteiger partial charge is 0.0542 e. The number of nitrogens with zero attached hydrogens (tertiary/aromatic N) is 2. The van der Waals surface area contributed by atoms with Crippen LogP contribution in [0.2, 0.25) is 0 Å². The summed E-state index contributed by atoms with van der Waals surface area (Å²) in [5.74, 6) is 0. The molecule has 10 aromatic rings. The number of benzene rings is 9. The fourth-order valence-corrected chi connectivity index (χ4v) is 8.65. The van der Waals surface area contributed by atoms with Gasteiger partial charge in [-0.2, -0.15) is 0 Å². The second kappa shape index (κ2) is 11.3. The van der Waals surface area contributed by atoms with Crippen LogP contribution in [0.25, 0.3) is 82.4 Å². The maximum absolute atomic E-state index is 2.46. The normalized spacial score (nSPS) is 11.8. The zero-order valence-electron chi connectivity index (χ0n) is 28.4. The molecule has 0 fully saturated rings. The van der Waals surface area contributed by atoms with E-state index in [1.807, 2.05) is 0 Å². The lowest BCUT2D eigenvalue weighted by Crippen LogP contribution is -2.11. The van der Waals surface area contributed by atoms with Gasteiger partial charge in [0.15, 0.2) is 0 Å². The van der Waals surface area contributed by atoms with Gasteiger partial charge in [0.2, 0.25) is 0 Å². The minimum absolute atomic E-state index is 1.12. The van der Waals surface area contributed by atoms with Crippen molar-refractivity contribution in [3.05, 3.63) is 194 Å². The SMILES string of the molecule is c1ccc(-c2ccccc2N(c2ccc3c(c2)-c2c4ccccc4cc4cccc-3c24)c2ccc3c(c2)c2ccccc2n3-c2ccccc2)cc1. The second-order valence-corrected chi connectivity index (χ2v) is 13.7. The molecule has 0 amide bonds. The number of aromatic nitrogens is 1. The summed E-state index contributed by atoms with van der Waals surface area (Å²) in [5, 5.41) is 7.66. The number of anilines is 3. The summed E-state index contributed by atoms with van der Waals surface area (Å²) in [5.41, 5.74) is 14.5. The van der Waals surface area contributed by atoms with Crippen LogP contribution in [0.3, 0.4) is 0 Å². The predicted molar refractivity (Wildman–Crippen MR) is 220 cm³/mol. The maximum Gasteiger partial charge on any atom is 0.0542 e. The van der Waals surface area contributed by atoms with Crippen LogP contribution in [-0.4, -0.2) is 4.57 Å². The molecule has 0 aliphatic heterocycles. The maximum atomic E-state index is 2.46. The lowest BCUT2D eigenvalue weighted by molar-refractivity contribution is 1.18. The molecule has 0 radical (unpaired) electrons. The Morgan fingerprint density at radius 2 is 1.02 bits per heavy atom. The van der Waals surface area contributed by atoms with Crippen molar-refractivity contribution in [1.82, 2.24) is 4.57 Å². The first-order valence-electron chi connectivity index (χ1n) is 17.9. The molecule has 0 spiro atoms. The fraction of sp³-hybridized carbons (Fsp3) is 0. The number of hydrogen-bond acceptors (Lipinski definition) is 1. The van der Waals surface area contributed by atoms with Gasteiger partial charge in [0, 0.05) is 33.4 Å². The lowest BCUT2D eigenvalue weighted by Gasteiger charge is -2.28. The van der Waals surface area contributed by atoms with E-state index in [0.29, 0.717) is 0 Å². The van der Waals surface area contributed by atoms with Gasteiger partial charge in [0.05, 0.1) is 16.7 Å². The van der Waals surface area contributed by atoms with Crippen LogP contribution >= 0.6 is 0 Å². The zero-order valence-corrected chi connectivity index (χ0v) is 28.4. The molecule has 0 N–H and O–H groups in total. The molecule has 0 saturated heterocycles. The van der Waals surface area contributed by atoms with E-state index in [9.17, 15) is 0 Å². The second-order valence-electron chi connectivity index (χ2n) is 13.7. The van der Waals surface area contributed by atoms with Crippen molar-refractivity contribution in [2.75, 3.05) is 4.90 Å². The Labute approximate surface area is 302 Å². The summed E-state index contributed by atoms with van der Waals surface area (Å²) >= 11 is 0. The number of para-hydroxylation sites is 3. The number of hydrogen-bond donors (Lipinski definition) is 0. The van der Waals surface area contributed by atoms with E-state index in [1.54, 1.807) is 0 Å². The van der Waals surface area contributed by atoms with Gasteiger partial charge in [0.1, 0.15) is 0 Å². The highest BCUT2D eigenvalue weighted by Crippen LogP contribution is 2.53. The highest BCUT2D eigenvalue weighted by molar-refractivity contribution is 6.24. The van der Waals surface area contributed by atoms with Gasteiger partial charge in [-0.1, -0.05) is 133 Å². The lowest BCUT2D eigenvalue weighted by atomic mass is 9.95. The molecule has 1 aliphatic carbocycles. The summed E-state index contributed by atoms with van der Waals surface area (Å²) in [6, 6.07) is 71.0. The van der Waals surface area contributed by atoms with Crippen molar-refractivity contribution in [3.8, 4) is 39.1 Å². The van der Waals surface area contributed by atoms with E-state index < -0.39 is 0 Å². The molecule has 9 aromatic carbocycles. The molecule has 1 heterocycles. The monoisotopic (exact) mass is 660 g/mol. The molecule has 0 saturated carbocycles. The Morgan fingerprint density at radius 3 is 1.90 bits per heavy atom. The number of fused-ring (bicyclic) bond motifs is 8. The molecular weight excluding hydrogens is 629 g/mol. The number of rotatable bonds is 5. The molecule has 1 aromatic heterocycles. The summed E-state index contributed by atoms with van der Waals surface area (Å²) in [6.45, 7) is 0. The van der Waals surface area contributed by atoms with Gasteiger partial charge in [-0.05, 0) is 110 Å². The van der Waals surface area contributed by atoms with Gasteiger partial charge in [-0.25, -0.2) is 0 Å².